The third kappa shape index (κ3) is 15.5. The Morgan fingerprint density at radius 2 is 0.627 bits per heavy atom. The number of hydrogen-bond acceptors (Lipinski definition) is 15. The fraction of sp³-hybridized carbons (Fsp3) is 0.455. The van der Waals surface area contributed by atoms with E-state index in [-0.39, 0.29) is 105 Å². The number of aliphatic hydroxyl groups excluding tert-OH is 6. The van der Waals surface area contributed by atoms with Crippen molar-refractivity contribution >= 4 is 0 Å². The summed E-state index contributed by atoms with van der Waals surface area (Å²) < 4.78 is 52.4. The number of rotatable bonds is 32. The molecule has 15 nitrogen and oxygen atoms in total. The van der Waals surface area contributed by atoms with Crippen LogP contribution in [-0.4, -0.2) is 150 Å². The Kier molecular flexibility index (Phi) is 22.4. The van der Waals surface area contributed by atoms with Crippen molar-refractivity contribution in [2.24, 2.45) is 0 Å². The van der Waals surface area contributed by atoms with Gasteiger partial charge in [-0.3, -0.25) is 0 Å². The summed E-state index contributed by atoms with van der Waals surface area (Å²) in [6.07, 6.45) is 0.472. The lowest BCUT2D eigenvalue weighted by atomic mass is 9.94. The molecule has 0 aliphatic heterocycles. The minimum atomic E-state index is -0.176. The van der Waals surface area contributed by atoms with E-state index in [2.05, 4.69) is 0 Å². The first-order valence-corrected chi connectivity index (χ1v) is 19.8. The summed E-state index contributed by atoms with van der Waals surface area (Å²) in [5, 5.41) is 56.8. The number of ether oxygens (including phenoxy) is 9. The third-order valence-corrected chi connectivity index (χ3v) is 8.60. The molecule has 0 heterocycles. The third-order valence-electron chi connectivity index (χ3n) is 8.60. The van der Waals surface area contributed by atoms with Crippen LogP contribution in [0.2, 0.25) is 0 Å². The maximum atomic E-state index is 10.3. The standard InChI is InChI=1S/C44H58O15/c45-15-13-37-39(57-31-27-53-23-19-49)9-11-41(43(37)33-1-5-35(6-2-33)55-29-25-51-21-17-47)59-42-12-10-40(58-32-28-54-24-20-50)38(14-16-46)44(42)34-3-7-36(8-4-34)56-30-26-52-22-18-48/h1-12,45-50H,13-32H2. The van der Waals surface area contributed by atoms with Gasteiger partial charge in [0.05, 0.1) is 79.3 Å². The van der Waals surface area contributed by atoms with Gasteiger partial charge in [0, 0.05) is 35.5 Å². The van der Waals surface area contributed by atoms with Crippen LogP contribution in [0.25, 0.3) is 22.3 Å². The Labute approximate surface area is 345 Å². The Morgan fingerprint density at radius 1 is 0.305 bits per heavy atom. The van der Waals surface area contributed by atoms with Crippen LogP contribution in [0.15, 0.2) is 72.8 Å². The minimum Gasteiger partial charge on any atom is -0.491 e. The molecule has 0 saturated heterocycles. The molecule has 0 aliphatic rings. The van der Waals surface area contributed by atoms with Crippen molar-refractivity contribution in [2.75, 3.05) is 119 Å². The average Bonchev–Trinajstić information content (AvgIpc) is 3.25. The lowest BCUT2D eigenvalue weighted by Crippen LogP contribution is -2.11. The molecule has 4 rings (SSSR count). The molecule has 15 heteroatoms. The van der Waals surface area contributed by atoms with E-state index in [0.29, 0.717) is 83.2 Å². The Morgan fingerprint density at radius 3 is 0.949 bits per heavy atom. The van der Waals surface area contributed by atoms with E-state index in [1.54, 1.807) is 24.3 Å². The molecule has 0 aromatic heterocycles. The molecule has 0 fully saturated rings. The molecule has 0 unspecified atom stereocenters. The molecule has 0 spiro atoms. The molecular formula is C44H58O15. The van der Waals surface area contributed by atoms with Crippen LogP contribution in [0, 0.1) is 0 Å². The van der Waals surface area contributed by atoms with E-state index in [9.17, 15) is 10.2 Å². The van der Waals surface area contributed by atoms with Crippen LogP contribution in [-0.2, 0) is 31.8 Å². The zero-order chi connectivity index (χ0) is 41.9. The monoisotopic (exact) mass is 826 g/mol. The quantitative estimate of drug-likeness (QED) is 0.0391. The second-order valence-corrected chi connectivity index (χ2v) is 12.7. The van der Waals surface area contributed by atoms with Crippen molar-refractivity contribution < 1.29 is 73.3 Å². The van der Waals surface area contributed by atoms with Gasteiger partial charge < -0.3 is 73.3 Å². The smallest absolute Gasteiger partial charge is 0.135 e. The topological polar surface area (TPSA) is 204 Å². The van der Waals surface area contributed by atoms with Gasteiger partial charge in [0.1, 0.15) is 60.9 Å². The first-order valence-electron chi connectivity index (χ1n) is 19.8. The molecule has 0 saturated carbocycles. The van der Waals surface area contributed by atoms with Crippen molar-refractivity contribution in [1.29, 1.82) is 0 Å². The van der Waals surface area contributed by atoms with E-state index in [1.807, 2.05) is 48.5 Å². The van der Waals surface area contributed by atoms with Gasteiger partial charge >= 0.3 is 0 Å². The van der Waals surface area contributed by atoms with Crippen LogP contribution in [0.3, 0.4) is 0 Å². The number of benzene rings is 4. The van der Waals surface area contributed by atoms with Crippen molar-refractivity contribution in [3.63, 3.8) is 0 Å². The molecule has 0 amide bonds. The molecule has 0 radical (unpaired) electrons. The van der Waals surface area contributed by atoms with Crippen LogP contribution >= 0.6 is 0 Å². The van der Waals surface area contributed by atoms with Gasteiger partial charge in [-0.2, -0.15) is 0 Å². The molecule has 0 aliphatic carbocycles. The highest BCUT2D eigenvalue weighted by atomic mass is 16.5. The first kappa shape index (κ1) is 47.2. The fourth-order valence-electron chi connectivity index (χ4n) is 6.09. The zero-order valence-corrected chi connectivity index (χ0v) is 33.4. The summed E-state index contributed by atoms with van der Waals surface area (Å²) in [4.78, 5) is 0. The highest BCUT2D eigenvalue weighted by Gasteiger charge is 2.23. The van der Waals surface area contributed by atoms with Gasteiger partial charge in [-0.1, -0.05) is 24.3 Å². The summed E-state index contributed by atoms with van der Waals surface area (Å²) >= 11 is 0. The van der Waals surface area contributed by atoms with Gasteiger partial charge in [0.2, 0.25) is 0 Å². The van der Waals surface area contributed by atoms with E-state index in [4.69, 9.17) is 63.1 Å². The predicted molar refractivity (Wildman–Crippen MR) is 219 cm³/mol. The minimum absolute atomic E-state index is 0.0673. The van der Waals surface area contributed by atoms with Crippen molar-refractivity contribution in [3.05, 3.63) is 83.9 Å². The molecular weight excluding hydrogens is 768 g/mol. The molecule has 0 atom stereocenters. The van der Waals surface area contributed by atoms with Gasteiger partial charge in [0.25, 0.3) is 0 Å². The Bertz CT molecular complexity index is 1610. The van der Waals surface area contributed by atoms with Crippen molar-refractivity contribution in [3.8, 4) is 56.8 Å². The van der Waals surface area contributed by atoms with E-state index in [1.165, 1.54) is 0 Å². The molecule has 4 aromatic carbocycles. The maximum absolute atomic E-state index is 10.3. The predicted octanol–water partition coefficient (Wildman–Crippen LogP) is 3.43. The van der Waals surface area contributed by atoms with Crippen LogP contribution in [0.1, 0.15) is 11.1 Å². The Balaban J connectivity index is 1.79. The van der Waals surface area contributed by atoms with Crippen molar-refractivity contribution in [2.45, 2.75) is 12.8 Å². The molecule has 59 heavy (non-hydrogen) atoms. The van der Waals surface area contributed by atoms with Crippen LogP contribution in [0.5, 0.6) is 34.5 Å². The molecule has 6 N–H and O–H groups in total. The highest BCUT2D eigenvalue weighted by Crippen LogP contribution is 2.46. The van der Waals surface area contributed by atoms with Crippen molar-refractivity contribution in [1.82, 2.24) is 0 Å². The second-order valence-electron chi connectivity index (χ2n) is 12.7. The lowest BCUT2D eigenvalue weighted by Gasteiger charge is -2.23. The van der Waals surface area contributed by atoms with Gasteiger partial charge in [-0.05, 0) is 72.5 Å². The van der Waals surface area contributed by atoms with Gasteiger partial charge in [-0.15, -0.1) is 0 Å². The van der Waals surface area contributed by atoms with Crippen LogP contribution < -0.4 is 23.7 Å². The number of aliphatic hydroxyl groups is 6. The summed E-state index contributed by atoms with van der Waals surface area (Å²) in [6, 6.07) is 22.1. The number of hydrogen-bond donors (Lipinski definition) is 6. The van der Waals surface area contributed by atoms with Gasteiger partial charge in [-0.25, -0.2) is 0 Å². The zero-order valence-electron chi connectivity index (χ0n) is 33.4. The van der Waals surface area contributed by atoms with Gasteiger partial charge in [0.15, 0.2) is 0 Å². The fourth-order valence-corrected chi connectivity index (χ4v) is 6.09. The summed E-state index contributed by atoms with van der Waals surface area (Å²) in [5.41, 5.74) is 4.27. The molecule has 324 valence electrons. The highest BCUT2D eigenvalue weighted by molar-refractivity contribution is 5.81. The molecule has 4 aromatic rings. The largest absolute Gasteiger partial charge is 0.491 e. The van der Waals surface area contributed by atoms with E-state index >= 15 is 0 Å². The summed E-state index contributed by atoms with van der Waals surface area (Å²) in [6.45, 7) is 2.29. The van der Waals surface area contributed by atoms with E-state index in [0.717, 1.165) is 11.1 Å². The van der Waals surface area contributed by atoms with Crippen LogP contribution in [0.4, 0.5) is 0 Å². The normalized spacial score (nSPS) is 11.2. The first-order chi connectivity index (χ1) is 29.1. The SMILES string of the molecule is OCCOCCOc1ccc(-c2c(Oc3ccc(OCCOCCO)c(CCO)c3-c3ccc(OCCOCCO)cc3)ccc(OCCOCCO)c2CCO)cc1. The lowest BCUT2D eigenvalue weighted by molar-refractivity contribution is 0.0702. The average molecular weight is 827 g/mol. The second kappa shape index (κ2) is 28.0. The van der Waals surface area contributed by atoms with E-state index < -0.39 is 0 Å². The maximum Gasteiger partial charge on any atom is 0.135 e. The molecule has 0 bridgehead atoms. The summed E-state index contributed by atoms with van der Waals surface area (Å²) in [5.74, 6) is 3.21. The Hall–Kier alpha value is -4.52. The summed E-state index contributed by atoms with van der Waals surface area (Å²) in [7, 11) is 0.